The Kier molecular flexibility index (Phi) is 4.74. The van der Waals surface area contributed by atoms with Gasteiger partial charge in [0.2, 0.25) is 0 Å². The highest BCUT2D eigenvalue weighted by Gasteiger charge is 2.00. The van der Waals surface area contributed by atoms with Crippen molar-refractivity contribution in [2.24, 2.45) is 0 Å². The highest BCUT2D eigenvalue weighted by Crippen LogP contribution is 2.13. The second-order valence-corrected chi connectivity index (χ2v) is 5.58. The van der Waals surface area contributed by atoms with Crippen LogP contribution >= 0.6 is 12.2 Å². The Morgan fingerprint density at radius 1 is 0.950 bits per heavy atom. The number of benzene rings is 2. The van der Waals surface area contributed by atoms with E-state index in [0.29, 0.717) is 5.11 Å². The second-order valence-electron chi connectivity index (χ2n) is 5.17. The van der Waals surface area contributed by atoms with E-state index < -0.39 is 0 Å². The van der Waals surface area contributed by atoms with Crippen molar-refractivity contribution in [3.63, 3.8) is 0 Å². The van der Waals surface area contributed by atoms with Crippen LogP contribution in [-0.2, 0) is 6.54 Å². The van der Waals surface area contributed by atoms with Crippen molar-refractivity contribution >= 4 is 23.0 Å². The molecule has 2 aromatic carbocycles. The molecule has 2 aromatic rings. The fourth-order valence-corrected chi connectivity index (χ4v) is 2.42. The maximum Gasteiger partial charge on any atom is 0.171 e. The first-order chi connectivity index (χ1) is 9.52. The first kappa shape index (κ1) is 14.5. The van der Waals surface area contributed by atoms with Gasteiger partial charge < -0.3 is 10.6 Å². The number of hydrogen-bond acceptors (Lipinski definition) is 1. The molecule has 2 N–H and O–H groups in total. The summed E-state index contributed by atoms with van der Waals surface area (Å²) in [5, 5.41) is 7.11. The lowest BCUT2D eigenvalue weighted by molar-refractivity contribution is 0.924. The van der Waals surface area contributed by atoms with Crippen molar-refractivity contribution in [1.29, 1.82) is 0 Å². The Bertz CT molecular complexity index is 600. The molecule has 0 heterocycles. The number of hydrogen-bond donors (Lipinski definition) is 2. The quantitative estimate of drug-likeness (QED) is 0.830. The van der Waals surface area contributed by atoms with Gasteiger partial charge in [0.15, 0.2) is 5.11 Å². The molecule has 0 aromatic heterocycles. The van der Waals surface area contributed by atoms with Gasteiger partial charge in [-0.1, -0.05) is 35.9 Å². The Labute approximate surface area is 126 Å². The van der Waals surface area contributed by atoms with Gasteiger partial charge in [-0.05, 0) is 61.8 Å². The van der Waals surface area contributed by atoms with E-state index in [1.54, 1.807) is 0 Å². The third kappa shape index (κ3) is 4.35. The van der Waals surface area contributed by atoms with Gasteiger partial charge in [-0.3, -0.25) is 0 Å². The molecule has 2 rings (SSSR count). The standard InChI is InChI=1S/C17H20N2S/c1-12-5-4-6-15(8-12)11-18-17(20)19-16-9-13(2)7-14(3)10-16/h4-10H,11H2,1-3H3,(H2,18,19,20). The molecule has 0 aliphatic heterocycles. The van der Waals surface area contributed by atoms with Crippen LogP contribution in [0.4, 0.5) is 5.69 Å². The van der Waals surface area contributed by atoms with Gasteiger partial charge in [0, 0.05) is 12.2 Å². The summed E-state index contributed by atoms with van der Waals surface area (Å²) < 4.78 is 0. The third-order valence-electron chi connectivity index (χ3n) is 3.02. The molecule has 20 heavy (non-hydrogen) atoms. The minimum absolute atomic E-state index is 0.650. The zero-order valence-corrected chi connectivity index (χ0v) is 13.0. The van der Waals surface area contributed by atoms with E-state index in [4.69, 9.17) is 12.2 Å². The van der Waals surface area contributed by atoms with E-state index in [1.165, 1.54) is 22.3 Å². The van der Waals surface area contributed by atoms with Crippen LogP contribution < -0.4 is 10.6 Å². The molecule has 0 fully saturated rings. The zero-order valence-electron chi connectivity index (χ0n) is 12.2. The molecule has 0 radical (unpaired) electrons. The predicted molar refractivity (Wildman–Crippen MR) is 90.2 cm³/mol. The van der Waals surface area contributed by atoms with Gasteiger partial charge in [0.1, 0.15) is 0 Å². The van der Waals surface area contributed by atoms with Gasteiger partial charge in [0.05, 0.1) is 0 Å². The largest absolute Gasteiger partial charge is 0.358 e. The van der Waals surface area contributed by atoms with Crippen molar-refractivity contribution in [3.05, 3.63) is 64.7 Å². The van der Waals surface area contributed by atoms with Gasteiger partial charge in [-0.25, -0.2) is 0 Å². The average molecular weight is 284 g/mol. The monoisotopic (exact) mass is 284 g/mol. The smallest absolute Gasteiger partial charge is 0.171 e. The van der Waals surface area contributed by atoms with Gasteiger partial charge >= 0.3 is 0 Å². The summed E-state index contributed by atoms with van der Waals surface area (Å²) >= 11 is 5.33. The summed E-state index contributed by atoms with van der Waals surface area (Å²) in [5.41, 5.74) is 5.99. The van der Waals surface area contributed by atoms with E-state index in [2.05, 4.69) is 73.9 Å². The number of rotatable bonds is 3. The molecule has 0 bridgehead atoms. The van der Waals surface area contributed by atoms with Crippen molar-refractivity contribution < 1.29 is 0 Å². The molecule has 2 nitrogen and oxygen atoms in total. The molecule has 0 aliphatic rings. The summed E-state index contributed by atoms with van der Waals surface area (Å²) in [6.45, 7) is 7.00. The average Bonchev–Trinajstić information content (AvgIpc) is 2.35. The van der Waals surface area contributed by atoms with Crippen molar-refractivity contribution in [2.75, 3.05) is 5.32 Å². The maximum atomic E-state index is 5.33. The fourth-order valence-electron chi connectivity index (χ4n) is 2.23. The second kappa shape index (κ2) is 6.53. The molecule has 0 saturated carbocycles. The summed E-state index contributed by atoms with van der Waals surface area (Å²) in [5.74, 6) is 0. The minimum atomic E-state index is 0.650. The molecule has 0 spiro atoms. The van der Waals surface area contributed by atoms with E-state index in [0.717, 1.165) is 12.2 Å². The molecule has 0 amide bonds. The van der Waals surface area contributed by atoms with Crippen LogP contribution in [-0.4, -0.2) is 5.11 Å². The summed E-state index contributed by atoms with van der Waals surface area (Å²) in [6.07, 6.45) is 0. The number of nitrogens with one attached hydrogen (secondary N) is 2. The summed E-state index contributed by atoms with van der Waals surface area (Å²) in [4.78, 5) is 0. The van der Waals surface area contributed by atoms with E-state index >= 15 is 0 Å². The first-order valence-corrected chi connectivity index (χ1v) is 7.12. The fraction of sp³-hybridized carbons (Fsp3) is 0.235. The summed E-state index contributed by atoms with van der Waals surface area (Å²) in [6, 6.07) is 14.7. The highest BCUT2D eigenvalue weighted by molar-refractivity contribution is 7.80. The molecule has 104 valence electrons. The predicted octanol–water partition coefficient (Wildman–Crippen LogP) is 4.10. The Balaban J connectivity index is 1.92. The van der Waals surface area contributed by atoms with Crippen LogP contribution in [0.2, 0.25) is 0 Å². The Morgan fingerprint density at radius 3 is 2.30 bits per heavy atom. The Hall–Kier alpha value is -1.87. The minimum Gasteiger partial charge on any atom is -0.358 e. The van der Waals surface area contributed by atoms with Crippen LogP contribution in [0.25, 0.3) is 0 Å². The molecular weight excluding hydrogens is 264 g/mol. The lowest BCUT2D eigenvalue weighted by Crippen LogP contribution is -2.27. The first-order valence-electron chi connectivity index (χ1n) is 6.71. The van der Waals surface area contributed by atoms with E-state index in [-0.39, 0.29) is 0 Å². The van der Waals surface area contributed by atoms with Crippen molar-refractivity contribution in [2.45, 2.75) is 27.3 Å². The molecule has 0 unspecified atom stereocenters. The van der Waals surface area contributed by atoms with Crippen molar-refractivity contribution in [1.82, 2.24) is 5.32 Å². The number of anilines is 1. The zero-order chi connectivity index (χ0) is 14.5. The van der Waals surface area contributed by atoms with E-state index in [1.807, 2.05) is 0 Å². The number of aryl methyl sites for hydroxylation is 3. The van der Waals surface area contributed by atoms with Crippen LogP contribution in [0.15, 0.2) is 42.5 Å². The maximum absolute atomic E-state index is 5.33. The lowest BCUT2D eigenvalue weighted by Gasteiger charge is -2.12. The van der Waals surface area contributed by atoms with Crippen LogP contribution in [0.1, 0.15) is 22.3 Å². The summed E-state index contributed by atoms with van der Waals surface area (Å²) in [7, 11) is 0. The number of thiocarbonyl (C=S) groups is 1. The molecule has 3 heteroatoms. The van der Waals surface area contributed by atoms with Gasteiger partial charge in [-0.15, -0.1) is 0 Å². The normalized spacial score (nSPS) is 10.2. The van der Waals surface area contributed by atoms with Crippen LogP contribution in [0.5, 0.6) is 0 Å². The van der Waals surface area contributed by atoms with Crippen LogP contribution in [0.3, 0.4) is 0 Å². The van der Waals surface area contributed by atoms with Gasteiger partial charge in [0.25, 0.3) is 0 Å². The molecule has 0 aliphatic carbocycles. The molecular formula is C17H20N2S. The SMILES string of the molecule is Cc1cccc(CNC(=S)Nc2cc(C)cc(C)c2)c1. The molecule has 0 saturated heterocycles. The van der Waals surface area contributed by atoms with Gasteiger partial charge in [-0.2, -0.15) is 0 Å². The van der Waals surface area contributed by atoms with E-state index in [9.17, 15) is 0 Å². The lowest BCUT2D eigenvalue weighted by atomic mass is 10.1. The third-order valence-corrected chi connectivity index (χ3v) is 3.26. The van der Waals surface area contributed by atoms with Crippen molar-refractivity contribution in [3.8, 4) is 0 Å². The van der Waals surface area contributed by atoms with Crippen LogP contribution in [0, 0.1) is 20.8 Å². The molecule has 0 atom stereocenters. The highest BCUT2D eigenvalue weighted by atomic mass is 32.1. The Morgan fingerprint density at radius 2 is 1.65 bits per heavy atom. The topological polar surface area (TPSA) is 24.1 Å².